The molecule has 0 aliphatic carbocycles. The van der Waals surface area contributed by atoms with Crippen LogP contribution in [0.3, 0.4) is 0 Å². The third-order valence-corrected chi connectivity index (χ3v) is 3.04. The van der Waals surface area contributed by atoms with Crippen molar-refractivity contribution in [1.82, 2.24) is 14.8 Å². The van der Waals surface area contributed by atoms with Gasteiger partial charge in [-0.25, -0.2) is 4.39 Å². The first-order chi connectivity index (χ1) is 8.86. The molecular formula is C13H16FN3OS. The highest BCUT2D eigenvalue weighted by molar-refractivity contribution is 7.71. The Morgan fingerprint density at radius 1 is 1.37 bits per heavy atom. The van der Waals surface area contributed by atoms with Crippen LogP contribution in [0.2, 0.25) is 0 Å². The molecule has 0 saturated carbocycles. The van der Waals surface area contributed by atoms with E-state index >= 15 is 0 Å². The number of nitrogens with one attached hydrogen (secondary N) is 1. The van der Waals surface area contributed by atoms with Crippen molar-refractivity contribution in [2.75, 3.05) is 7.11 Å². The smallest absolute Gasteiger partial charge is 0.195 e. The van der Waals surface area contributed by atoms with Gasteiger partial charge in [0.25, 0.3) is 0 Å². The highest BCUT2D eigenvalue weighted by Gasteiger charge is 2.24. The lowest BCUT2D eigenvalue weighted by Gasteiger charge is -2.23. The van der Waals surface area contributed by atoms with Crippen LogP contribution in [0.4, 0.5) is 4.39 Å². The molecule has 0 unspecified atom stereocenters. The molecule has 0 spiro atoms. The molecule has 0 saturated heterocycles. The number of aromatic amines is 1. The van der Waals surface area contributed by atoms with Crippen molar-refractivity contribution in [3.8, 4) is 17.1 Å². The maximum absolute atomic E-state index is 14.1. The fraction of sp³-hybridized carbons (Fsp3) is 0.385. The van der Waals surface area contributed by atoms with E-state index < -0.39 is 0 Å². The van der Waals surface area contributed by atoms with Crippen LogP contribution in [0.5, 0.6) is 5.75 Å². The van der Waals surface area contributed by atoms with Crippen molar-refractivity contribution in [3.05, 3.63) is 28.8 Å². The van der Waals surface area contributed by atoms with E-state index in [0.29, 0.717) is 21.9 Å². The van der Waals surface area contributed by atoms with Gasteiger partial charge in [-0.05, 0) is 45.1 Å². The Morgan fingerprint density at radius 3 is 2.63 bits per heavy atom. The number of H-pyrrole nitrogens is 1. The van der Waals surface area contributed by atoms with Gasteiger partial charge in [0.1, 0.15) is 11.6 Å². The molecule has 4 nitrogen and oxygen atoms in total. The summed E-state index contributed by atoms with van der Waals surface area (Å²) >= 11 is 5.23. The number of methoxy groups -OCH3 is 1. The van der Waals surface area contributed by atoms with Crippen molar-refractivity contribution >= 4 is 12.2 Å². The van der Waals surface area contributed by atoms with Gasteiger partial charge in [0.2, 0.25) is 0 Å². The second-order valence-corrected chi connectivity index (χ2v) is 5.56. The lowest BCUT2D eigenvalue weighted by Crippen LogP contribution is -2.23. The summed E-state index contributed by atoms with van der Waals surface area (Å²) in [5, 5.41) is 6.86. The van der Waals surface area contributed by atoms with Crippen molar-refractivity contribution in [3.63, 3.8) is 0 Å². The summed E-state index contributed by atoms with van der Waals surface area (Å²) in [5.41, 5.74) is -0.000497. The van der Waals surface area contributed by atoms with Gasteiger partial charge in [0.15, 0.2) is 10.6 Å². The molecule has 0 amide bonds. The largest absolute Gasteiger partial charge is 0.496 e. The molecule has 0 aliphatic rings. The van der Waals surface area contributed by atoms with E-state index in [2.05, 4.69) is 10.2 Å². The van der Waals surface area contributed by atoms with Crippen LogP contribution in [0.15, 0.2) is 18.2 Å². The van der Waals surface area contributed by atoms with E-state index in [-0.39, 0.29) is 11.4 Å². The van der Waals surface area contributed by atoms with Crippen LogP contribution in [-0.2, 0) is 5.54 Å². The molecule has 0 radical (unpaired) electrons. The standard InChI is InChI=1S/C13H16FN3OS/c1-13(2,3)17-11(15-16-12(17)19)10-8(14)6-5-7-9(10)18-4/h5-7H,1-4H3,(H,16,19). The Kier molecular flexibility index (Phi) is 3.45. The molecule has 1 aromatic heterocycles. The van der Waals surface area contributed by atoms with Crippen LogP contribution in [-0.4, -0.2) is 21.9 Å². The molecule has 102 valence electrons. The minimum atomic E-state index is -0.390. The third kappa shape index (κ3) is 2.40. The van der Waals surface area contributed by atoms with E-state index in [1.165, 1.54) is 13.2 Å². The number of ether oxygens (including phenoxy) is 1. The number of aromatic nitrogens is 3. The first kappa shape index (κ1) is 13.7. The highest BCUT2D eigenvalue weighted by atomic mass is 32.1. The Bertz CT molecular complexity index is 655. The minimum absolute atomic E-state index is 0.312. The van der Waals surface area contributed by atoms with Crippen molar-refractivity contribution in [2.45, 2.75) is 26.3 Å². The van der Waals surface area contributed by atoms with Crippen LogP contribution in [0.25, 0.3) is 11.4 Å². The molecule has 1 N–H and O–H groups in total. The molecular weight excluding hydrogens is 265 g/mol. The molecule has 0 bridgehead atoms. The molecule has 0 aliphatic heterocycles. The molecule has 1 heterocycles. The first-order valence-electron chi connectivity index (χ1n) is 5.87. The average molecular weight is 281 g/mol. The van der Waals surface area contributed by atoms with Crippen LogP contribution < -0.4 is 4.74 Å². The van der Waals surface area contributed by atoms with Gasteiger partial charge >= 0.3 is 0 Å². The molecule has 2 aromatic rings. The van der Waals surface area contributed by atoms with Gasteiger partial charge in [-0.2, -0.15) is 5.10 Å². The number of hydrogen-bond acceptors (Lipinski definition) is 3. The van der Waals surface area contributed by atoms with E-state index in [4.69, 9.17) is 17.0 Å². The molecule has 19 heavy (non-hydrogen) atoms. The summed E-state index contributed by atoms with van der Waals surface area (Å²) in [7, 11) is 1.50. The lowest BCUT2D eigenvalue weighted by atomic mass is 10.1. The third-order valence-electron chi connectivity index (χ3n) is 2.76. The summed E-state index contributed by atoms with van der Waals surface area (Å²) in [5.74, 6) is 0.478. The van der Waals surface area contributed by atoms with Crippen LogP contribution >= 0.6 is 12.2 Å². The molecule has 0 fully saturated rings. The van der Waals surface area contributed by atoms with E-state index in [9.17, 15) is 4.39 Å². The zero-order valence-electron chi connectivity index (χ0n) is 11.3. The predicted molar refractivity (Wildman–Crippen MR) is 74.4 cm³/mol. The van der Waals surface area contributed by atoms with Gasteiger partial charge < -0.3 is 4.74 Å². The van der Waals surface area contributed by atoms with Gasteiger partial charge in [0.05, 0.1) is 12.7 Å². The average Bonchev–Trinajstić information content (AvgIpc) is 2.70. The molecule has 6 heteroatoms. The fourth-order valence-corrected chi connectivity index (χ4v) is 2.38. The number of halogens is 1. The summed E-state index contributed by atoms with van der Waals surface area (Å²) in [6.45, 7) is 5.94. The second-order valence-electron chi connectivity index (χ2n) is 5.18. The minimum Gasteiger partial charge on any atom is -0.496 e. The summed E-state index contributed by atoms with van der Waals surface area (Å²) in [6, 6.07) is 4.67. The summed E-state index contributed by atoms with van der Waals surface area (Å²) in [6.07, 6.45) is 0. The molecule has 0 atom stereocenters. The van der Waals surface area contributed by atoms with Crippen molar-refractivity contribution in [2.24, 2.45) is 0 Å². The highest BCUT2D eigenvalue weighted by Crippen LogP contribution is 2.33. The van der Waals surface area contributed by atoms with E-state index in [1.54, 1.807) is 16.7 Å². The number of rotatable bonds is 2. The maximum atomic E-state index is 14.1. The monoisotopic (exact) mass is 281 g/mol. The van der Waals surface area contributed by atoms with Gasteiger partial charge in [0, 0.05) is 5.54 Å². The van der Waals surface area contributed by atoms with Crippen LogP contribution in [0.1, 0.15) is 20.8 Å². The van der Waals surface area contributed by atoms with Gasteiger partial charge in [-0.1, -0.05) is 6.07 Å². The summed E-state index contributed by atoms with van der Waals surface area (Å²) < 4.78 is 21.6. The maximum Gasteiger partial charge on any atom is 0.195 e. The fourth-order valence-electron chi connectivity index (χ4n) is 1.98. The second kappa shape index (κ2) is 4.77. The Hall–Kier alpha value is -1.69. The number of benzene rings is 1. The van der Waals surface area contributed by atoms with Crippen molar-refractivity contribution < 1.29 is 9.13 Å². The zero-order valence-corrected chi connectivity index (χ0v) is 12.1. The Morgan fingerprint density at radius 2 is 2.05 bits per heavy atom. The number of nitrogens with zero attached hydrogens (tertiary/aromatic N) is 2. The topological polar surface area (TPSA) is 42.8 Å². The molecule has 1 aromatic carbocycles. The van der Waals surface area contributed by atoms with E-state index in [1.807, 2.05) is 20.8 Å². The van der Waals surface area contributed by atoms with Gasteiger partial charge in [-0.15, -0.1) is 0 Å². The van der Waals surface area contributed by atoms with E-state index in [0.717, 1.165) is 0 Å². The van der Waals surface area contributed by atoms with Crippen LogP contribution in [0, 0.1) is 10.6 Å². The Balaban J connectivity index is 2.78. The summed E-state index contributed by atoms with van der Waals surface area (Å²) in [4.78, 5) is 0. The Labute approximate surface area is 116 Å². The first-order valence-corrected chi connectivity index (χ1v) is 6.28. The lowest BCUT2D eigenvalue weighted by molar-refractivity contribution is 0.390. The van der Waals surface area contributed by atoms with Gasteiger partial charge in [-0.3, -0.25) is 9.67 Å². The normalized spacial score (nSPS) is 11.6. The number of hydrogen-bond donors (Lipinski definition) is 1. The van der Waals surface area contributed by atoms with Crippen molar-refractivity contribution in [1.29, 1.82) is 0 Å². The quantitative estimate of drug-likeness (QED) is 0.857. The molecule has 2 rings (SSSR count). The predicted octanol–water partition coefficient (Wildman–Crippen LogP) is 3.51. The SMILES string of the molecule is COc1cccc(F)c1-c1n[nH]c(=S)n1C(C)(C)C. The zero-order chi connectivity index (χ0) is 14.2.